The first kappa shape index (κ1) is 23.4. The zero-order valence-corrected chi connectivity index (χ0v) is 18.9. The summed E-state index contributed by atoms with van der Waals surface area (Å²) in [7, 11) is 1.83. The third-order valence-electron chi connectivity index (χ3n) is 6.65. The summed E-state index contributed by atoms with van der Waals surface area (Å²) in [5.74, 6) is 0.766. The standard InChI is InChI=1S/C13H18O.C11H19N3O3/c1-14-13-9-7-12(8-10-13)11-5-3-2-4-6-11;1-2-12-9(15)14-6-3-4-11(8-14)5-7-17-10(16)13-11/h2-6,12-13H,7-10H2,1H3;2-8H2,1H3,(H,12,15)(H,13,16). The van der Waals surface area contributed by atoms with E-state index in [1.165, 1.54) is 31.2 Å². The van der Waals surface area contributed by atoms with Gasteiger partial charge in [-0.25, -0.2) is 9.59 Å². The Kier molecular flexibility index (Phi) is 8.58. The summed E-state index contributed by atoms with van der Waals surface area (Å²) in [5.41, 5.74) is 1.22. The van der Waals surface area contributed by atoms with Crippen LogP contribution < -0.4 is 10.6 Å². The van der Waals surface area contributed by atoms with Crippen LogP contribution in [0.2, 0.25) is 0 Å². The molecule has 7 nitrogen and oxygen atoms in total. The fraction of sp³-hybridized carbons (Fsp3) is 0.667. The van der Waals surface area contributed by atoms with E-state index in [9.17, 15) is 9.59 Å². The number of carbonyl (C=O) groups is 2. The van der Waals surface area contributed by atoms with Crippen molar-refractivity contribution in [1.29, 1.82) is 0 Å². The van der Waals surface area contributed by atoms with Crippen LogP contribution in [0.1, 0.15) is 63.4 Å². The number of carbonyl (C=O) groups excluding carboxylic acids is 2. The number of hydrogen-bond donors (Lipinski definition) is 2. The van der Waals surface area contributed by atoms with Crippen molar-refractivity contribution in [3.05, 3.63) is 35.9 Å². The minimum absolute atomic E-state index is 0.0488. The molecule has 4 rings (SSSR count). The van der Waals surface area contributed by atoms with Crippen molar-refractivity contribution in [2.75, 3.05) is 33.4 Å². The zero-order chi connectivity index (χ0) is 22.1. The van der Waals surface area contributed by atoms with Crippen molar-refractivity contribution in [3.63, 3.8) is 0 Å². The maximum absolute atomic E-state index is 11.8. The van der Waals surface area contributed by atoms with E-state index in [0.717, 1.165) is 31.7 Å². The molecule has 2 saturated heterocycles. The van der Waals surface area contributed by atoms with Crippen LogP contribution in [0.4, 0.5) is 9.59 Å². The van der Waals surface area contributed by atoms with E-state index in [-0.39, 0.29) is 17.7 Å². The number of nitrogens with zero attached hydrogens (tertiary/aromatic N) is 1. The van der Waals surface area contributed by atoms with Crippen molar-refractivity contribution in [3.8, 4) is 0 Å². The first-order chi connectivity index (χ1) is 15.0. The lowest BCUT2D eigenvalue weighted by Crippen LogP contribution is -2.63. The highest BCUT2D eigenvalue weighted by Gasteiger charge is 2.41. The van der Waals surface area contributed by atoms with E-state index in [1.807, 2.05) is 14.0 Å². The molecule has 31 heavy (non-hydrogen) atoms. The van der Waals surface area contributed by atoms with Crippen LogP contribution in [-0.2, 0) is 9.47 Å². The molecule has 1 saturated carbocycles. The van der Waals surface area contributed by atoms with Crippen LogP contribution in [0.25, 0.3) is 0 Å². The van der Waals surface area contributed by atoms with Crippen LogP contribution in [0, 0.1) is 0 Å². The molecule has 2 aliphatic heterocycles. The number of amides is 3. The Labute approximate surface area is 185 Å². The highest BCUT2D eigenvalue weighted by molar-refractivity contribution is 5.75. The molecule has 2 N–H and O–H groups in total. The molecule has 3 aliphatic rings. The normalized spacial score (nSPS) is 28.1. The lowest BCUT2D eigenvalue weighted by molar-refractivity contribution is 0.0539. The van der Waals surface area contributed by atoms with Crippen LogP contribution in [-0.4, -0.2) is 62.0 Å². The molecular formula is C24H37N3O4. The highest BCUT2D eigenvalue weighted by Crippen LogP contribution is 2.33. The number of methoxy groups -OCH3 is 1. The molecule has 172 valence electrons. The van der Waals surface area contributed by atoms with E-state index >= 15 is 0 Å². The molecule has 0 aromatic heterocycles. The number of benzene rings is 1. The fourth-order valence-electron chi connectivity index (χ4n) is 4.89. The number of alkyl carbamates (subject to hydrolysis) is 1. The largest absolute Gasteiger partial charge is 0.449 e. The SMILES string of the molecule is CCNC(=O)N1CCCC2(CCOC(=O)N2)C1.COC1CCC(c2ccccc2)CC1. The van der Waals surface area contributed by atoms with Gasteiger partial charge in [-0.2, -0.15) is 0 Å². The quantitative estimate of drug-likeness (QED) is 0.757. The average Bonchev–Trinajstić information content (AvgIpc) is 2.80. The Bertz CT molecular complexity index is 702. The lowest BCUT2D eigenvalue weighted by atomic mass is 9.83. The summed E-state index contributed by atoms with van der Waals surface area (Å²) in [6.45, 7) is 4.29. The third kappa shape index (κ3) is 6.60. The number of rotatable bonds is 3. The van der Waals surface area contributed by atoms with Crippen molar-refractivity contribution in [2.45, 2.75) is 69.4 Å². The first-order valence-electron chi connectivity index (χ1n) is 11.6. The summed E-state index contributed by atoms with van der Waals surface area (Å²) in [6, 6.07) is 10.8. The number of cyclic esters (lactones) is 1. The van der Waals surface area contributed by atoms with E-state index in [4.69, 9.17) is 9.47 Å². The van der Waals surface area contributed by atoms with E-state index in [2.05, 4.69) is 41.0 Å². The number of likely N-dealkylation sites (tertiary alicyclic amines) is 1. The van der Waals surface area contributed by atoms with Crippen molar-refractivity contribution >= 4 is 12.1 Å². The summed E-state index contributed by atoms with van der Waals surface area (Å²) in [5, 5.41) is 5.67. The van der Waals surface area contributed by atoms with E-state index in [0.29, 0.717) is 25.8 Å². The van der Waals surface area contributed by atoms with Gasteiger partial charge in [0, 0.05) is 33.2 Å². The third-order valence-corrected chi connectivity index (χ3v) is 6.65. The molecule has 1 aromatic carbocycles. The van der Waals surface area contributed by atoms with E-state index in [1.54, 1.807) is 4.90 Å². The molecule has 1 aromatic rings. The van der Waals surface area contributed by atoms with Crippen LogP contribution >= 0.6 is 0 Å². The van der Waals surface area contributed by atoms with Crippen LogP contribution in [0.3, 0.4) is 0 Å². The predicted octanol–water partition coefficient (Wildman–Crippen LogP) is 4.04. The molecule has 2 heterocycles. The lowest BCUT2D eigenvalue weighted by Gasteiger charge is -2.44. The van der Waals surface area contributed by atoms with Gasteiger partial charge >= 0.3 is 12.1 Å². The summed E-state index contributed by atoms with van der Waals surface area (Å²) >= 11 is 0. The summed E-state index contributed by atoms with van der Waals surface area (Å²) in [6.07, 6.45) is 7.74. The molecule has 1 atom stereocenters. The molecule has 0 bridgehead atoms. The Balaban J connectivity index is 0.000000179. The molecule has 0 radical (unpaired) electrons. The van der Waals surface area contributed by atoms with Crippen LogP contribution in [0.15, 0.2) is 30.3 Å². The number of nitrogens with one attached hydrogen (secondary N) is 2. The predicted molar refractivity (Wildman–Crippen MR) is 120 cm³/mol. The Morgan fingerprint density at radius 1 is 1.23 bits per heavy atom. The monoisotopic (exact) mass is 431 g/mol. The van der Waals surface area contributed by atoms with Crippen molar-refractivity contribution in [1.82, 2.24) is 15.5 Å². The van der Waals surface area contributed by atoms with Crippen LogP contribution in [0.5, 0.6) is 0 Å². The zero-order valence-electron chi connectivity index (χ0n) is 18.9. The van der Waals surface area contributed by atoms with Gasteiger partial charge in [0.2, 0.25) is 0 Å². The van der Waals surface area contributed by atoms with Gasteiger partial charge in [0.1, 0.15) is 0 Å². The fourth-order valence-corrected chi connectivity index (χ4v) is 4.89. The van der Waals surface area contributed by atoms with Gasteiger partial charge < -0.3 is 25.0 Å². The van der Waals surface area contributed by atoms with Crippen molar-refractivity contribution in [2.24, 2.45) is 0 Å². The number of urea groups is 1. The molecule has 1 aliphatic carbocycles. The topological polar surface area (TPSA) is 79.9 Å². The molecule has 1 unspecified atom stereocenters. The van der Waals surface area contributed by atoms with Gasteiger partial charge in [-0.1, -0.05) is 30.3 Å². The van der Waals surface area contributed by atoms with Gasteiger partial charge in [-0.15, -0.1) is 0 Å². The maximum atomic E-state index is 11.8. The second kappa shape index (κ2) is 11.4. The van der Waals surface area contributed by atoms with Gasteiger partial charge in [0.25, 0.3) is 0 Å². The maximum Gasteiger partial charge on any atom is 0.407 e. The second-order valence-electron chi connectivity index (χ2n) is 8.77. The number of piperidine rings is 1. The minimum atomic E-state index is -0.367. The molecular weight excluding hydrogens is 394 g/mol. The highest BCUT2D eigenvalue weighted by atomic mass is 16.6. The molecule has 3 amide bonds. The smallest absolute Gasteiger partial charge is 0.407 e. The van der Waals surface area contributed by atoms with Gasteiger partial charge in [0.15, 0.2) is 0 Å². The number of ether oxygens (including phenoxy) is 2. The minimum Gasteiger partial charge on any atom is -0.449 e. The molecule has 3 fully saturated rings. The van der Waals surface area contributed by atoms with Gasteiger partial charge in [-0.3, -0.25) is 0 Å². The Morgan fingerprint density at radius 2 is 1.97 bits per heavy atom. The summed E-state index contributed by atoms with van der Waals surface area (Å²) < 4.78 is 10.3. The average molecular weight is 432 g/mol. The molecule has 1 spiro atoms. The second-order valence-corrected chi connectivity index (χ2v) is 8.77. The Hall–Kier alpha value is -2.28. The van der Waals surface area contributed by atoms with E-state index < -0.39 is 0 Å². The van der Waals surface area contributed by atoms with Crippen molar-refractivity contribution < 1.29 is 19.1 Å². The molecule has 7 heteroatoms. The number of hydrogen-bond acceptors (Lipinski definition) is 4. The van der Waals surface area contributed by atoms with Gasteiger partial charge in [-0.05, 0) is 56.9 Å². The first-order valence-corrected chi connectivity index (χ1v) is 11.6. The Morgan fingerprint density at radius 3 is 2.61 bits per heavy atom. The summed E-state index contributed by atoms with van der Waals surface area (Å²) in [4.78, 5) is 24.8. The van der Waals surface area contributed by atoms with Gasteiger partial charge in [0.05, 0.1) is 18.2 Å².